The maximum atomic E-state index is 13.8. The fourth-order valence-electron chi connectivity index (χ4n) is 2.49. The molecule has 4 rings (SSSR count). The van der Waals surface area contributed by atoms with Crippen molar-refractivity contribution in [1.82, 2.24) is 15.2 Å². The average molecular weight is 465 g/mol. The molecule has 1 amide bonds. The van der Waals surface area contributed by atoms with Crippen LogP contribution in [0.3, 0.4) is 0 Å². The Labute approximate surface area is 182 Å². The van der Waals surface area contributed by atoms with E-state index >= 15 is 0 Å². The number of nitrogens with one attached hydrogen (secondary N) is 1. The molecular weight excluding hydrogens is 450 g/mol. The van der Waals surface area contributed by atoms with Crippen molar-refractivity contribution < 1.29 is 18.0 Å². The first-order valence-electron chi connectivity index (χ1n) is 8.75. The molecule has 0 atom stereocenters. The van der Waals surface area contributed by atoms with E-state index in [0.717, 1.165) is 22.2 Å². The summed E-state index contributed by atoms with van der Waals surface area (Å²) in [5.41, 5.74) is 0.112. The molecule has 0 unspecified atom stereocenters. The molecule has 30 heavy (non-hydrogen) atoms. The van der Waals surface area contributed by atoms with Gasteiger partial charge in [0, 0.05) is 29.5 Å². The highest BCUT2D eigenvalue weighted by Gasteiger charge is 2.14. The van der Waals surface area contributed by atoms with Gasteiger partial charge in [0.1, 0.15) is 11.6 Å². The molecule has 0 aliphatic heterocycles. The van der Waals surface area contributed by atoms with Crippen molar-refractivity contribution in [3.8, 4) is 11.3 Å². The summed E-state index contributed by atoms with van der Waals surface area (Å²) in [5.74, 6) is -0.389. The molecule has 11 heteroatoms. The van der Waals surface area contributed by atoms with Gasteiger partial charge in [-0.15, -0.1) is 21.5 Å². The summed E-state index contributed by atoms with van der Waals surface area (Å²) >= 11 is 4.55. The first-order chi connectivity index (χ1) is 14.6. The van der Waals surface area contributed by atoms with Crippen LogP contribution in [0.25, 0.3) is 11.3 Å². The number of hydrogen-bond acceptors (Lipinski definition) is 8. The number of benzene rings is 1. The smallest absolute Gasteiger partial charge is 0.226 e. The van der Waals surface area contributed by atoms with Gasteiger partial charge in [0.15, 0.2) is 16.0 Å². The third-order valence-electron chi connectivity index (χ3n) is 3.89. The van der Waals surface area contributed by atoms with Crippen LogP contribution in [0.15, 0.2) is 50.7 Å². The molecule has 3 heterocycles. The molecule has 0 aliphatic carbocycles. The number of oxazole rings is 1. The van der Waals surface area contributed by atoms with Crippen LogP contribution in [0, 0.1) is 11.6 Å². The molecule has 3 aromatic heterocycles. The van der Waals surface area contributed by atoms with Crippen LogP contribution < -0.4 is 5.32 Å². The summed E-state index contributed by atoms with van der Waals surface area (Å²) in [7, 11) is 0. The SMILES string of the molecule is O=C(CCc1ncc(-c2ccc(F)cc2F)o1)Nc1nnc(SCc2cccs2)s1. The van der Waals surface area contributed by atoms with Gasteiger partial charge in [0.25, 0.3) is 0 Å². The normalized spacial score (nSPS) is 11.0. The summed E-state index contributed by atoms with van der Waals surface area (Å²) < 4.78 is 33.1. The number of nitrogens with zero attached hydrogens (tertiary/aromatic N) is 3. The highest BCUT2D eigenvalue weighted by molar-refractivity contribution is 8.00. The summed E-state index contributed by atoms with van der Waals surface area (Å²) in [6.45, 7) is 0. The number of thiophene rings is 1. The number of aryl methyl sites for hydroxylation is 1. The average Bonchev–Trinajstić information content (AvgIpc) is 3.47. The predicted molar refractivity (Wildman–Crippen MR) is 113 cm³/mol. The first kappa shape index (κ1) is 20.6. The first-order valence-corrected chi connectivity index (χ1v) is 11.4. The van der Waals surface area contributed by atoms with E-state index < -0.39 is 11.6 Å². The summed E-state index contributed by atoms with van der Waals surface area (Å²) in [6.07, 6.45) is 1.70. The molecule has 1 N–H and O–H groups in total. The minimum absolute atomic E-state index is 0.112. The third-order valence-corrected chi connectivity index (χ3v) is 6.97. The number of aromatic nitrogens is 3. The Morgan fingerprint density at radius 2 is 2.13 bits per heavy atom. The summed E-state index contributed by atoms with van der Waals surface area (Å²) in [5, 5.41) is 13.2. The zero-order valence-electron chi connectivity index (χ0n) is 15.3. The van der Waals surface area contributed by atoms with E-state index in [9.17, 15) is 13.6 Å². The van der Waals surface area contributed by atoms with Crippen LogP contribution in [0.1, 0.15) is 17.2 Å². The van der Waals surface area contributed by atoms with Crippen LogP contribution in [-0.4, -0.2) is 21.1 Å². The molecule has 154 valence electrons. The molecule has 0 bridgehead atoms. The van der Waals surface area contributed by atoms with Crippen molar-refractivity contribution >= 4 is 45.5 Å². The lowest BCUT2D eigenvalue weighted by atomic mass is 10.2. The molecule has 4 aromatic rings. The van der Waals surface area contributed by atoms with Crippen LogP contribution in [0.5, 0.6) is 0 Å². The number of amides is 1. The van der Waals surface area contributed by atoms with E-state index in [1.165, 1.54) is 28.5 Å². The fraction of sp³-hybridized carbons (Fsp3) is 0.158. The molecule has 0 aliphatic rings. The number of thioether (sulfide) groups is 1. The lowest BCUT2D eigenvalue weighted by molar-refractivity contribution is -0.116. The van der Waals surface area contributed by atoms with E-state index in [2.05, 4.69) is 26.6 Å². The molecule has 1 aromatic carbocycles. The van der Waals surface area contributed by atoms with E-state index in [4.69, 9.17) is 4.42 Å². The molecular formula is C19H14F2N4O2S3. The Morgan fingerprint density at radius 1 is 1.23 bits per heavy atom. The second-order valence-electron chi connectivity index (χ2n) is 6.03. The monoisotopic (exact) mass is 464 g/mol. The third kappa shape index (κ3) is 5.29. The van der Waals surface area contributed by atoms with Gasteiger partial charge in [0.05, 0.1) is 11.8 Å². The highest BCUT2D eigenvalue weighted by Crippen LogP contribution is 2.29. The standard InChI is InChI=1S/C19H14F2N4O2S3/c20-11-3-4-13(14(21)8-11)15-9-22-17(27-15)6-5-16(26)23-18-24-25-19(30-18)29-10-12-2-1-7-28-12/h1-4,7-9H,5-6,10H2,(H,23,24,26). The van der Waals surface area contributed by atoms with E-state index in [1.54, 1.807) is 23.1 Å². The number of carbonyl (C=O) groups is 1. The van der Waals surface area contributed by atoms with Gasteiger partial charge < -0.3 is 9.73 Å². The van der Waals surface area contributed by atoms with E-state index in [0.29, 0.717) is 5.13 Å². The van der Waals surface area contributed by atoms with Gasteiger partial charge in [-0.05, 0) is 23.6 Å². The predicted octanol–water partition coefficient (Wildman–Crippen LogP) is 5.40. The van der Waals surface area contributed by atoms with Crippen molar-refractivity contribution in [3.63, 3.8) is 0 Å². The number of anilines is 1. The van der Waals surface area contributed by atoms with Crippen molar-refractivity contribution in [2.45, 2.75) is 22.9 Å². The van der Waals surface area contributed by atoms with Crippen LogP contribution in [-0.2, 0) is 17.0 Å². The van der Waals surface area contributed by atoms with Crippen LogP contribution >= 0.6 is 34.4 Å². The quantitative estimate of drug-likeness (QED) is 0.278. The summed E-state index contributed by atoms with van der Waals surface area (Å²) in [4.78, 5) is 17.5. The lowest BCUT2D eigenvalue weighted by Gasteiger charge is -2.00. The van der Waals surface area contributed by atoms with Gasteiger partial charge in [-0.2, -0.15) is 0 Å². The van der Waals surface area contributed by atoms with E-state index in [1.807, 2.05) is 11.4 Å². The fourth-order valence-corrected chi connectivity index (χ4v) is 5.03. The molecule has 0 saturated heterocycles. The number of carbonyl (C=O) groups excluding carboxylic acids is 1. The van der Waals surface area contributed by atoms with Gasteiger partial charge in [-0.25, -0.2) is 13.8 Å². The minimum Gasteiger partial charge on any atom is -0.441 e. The maximum Gasteiger partial charge on any atom is 0.226 e. The number of halogens is 2. The topological polar surface area (TPSA) is 80.9 Å². The maximum absolute atomic E-state index is 13.8. The molecule has 6 nitrogen and oxygen atoms in total. The molecule has 0 saturated carbocycles. The molecule has 0 fully saturated rings. The lowest BCUT2D eigenvalue weighted by Crippen LogP contribution is -2.12. The number of rotatable bonds is 8. The van der Waals surface area contributed by atoms with Gasteiger partial charge >= 0.3 is 0 Å². The van der Waals surface area contributed by atoms with Gasteiger partial charge in [0.2, 0.25) is 11.0 Å². The highest BCUT2D eigenvalue weighted by atomic mass is 32.2. The zero-order valence-corrected chi connectivity index (χ0v) is 17.8. The number of hydrogen-bond donors (Lipinski definition) is 1. The van der Waals surface area contributed by atoms with Crippen molar-refractivity contribution in [2.24, 2.45) is 0 Å². The van der Waals surface area contributed by atoms with Crippen molar-refractivity contribution in [3.05, 3.63) is 64.3 Å². The Kier molecular flexibility index (Phi) is 6.50. The van der Waals surface area contributed by atoms with Crippen molar-refractivity contribution in [1.29, 1.82) is 0 Å². The second-order valence-corrected chi connectivity index (χ2v) is 9.26. The second kappa shape index (κ2) is 9.45. The van der Waals surface area contributed by atoms with Crippen LogP contribution in [0.2, 0.25) is 0 Å². The molecule has 0 radical (unpaired) electrons. The molecule has 0 spiro atoms. The van der Waals surface area contributed by atoms with Crippen LogP contribution in [0.4, 0.5) is 13.9 Å². The van der Waals surface area contributed by atoms with Gasteiger partial charge in [-0.1, -0.05) is 29.2 Å². The zero-order chi connectivity index (χ0) is 20.9. The largest absolute Gasteiger partial charge is 0.441 e. The minimum atomic E-state index is -0.737. The Bertz CT molecular complexity index is 1140. The summed E-state index contributed by atoms with van der Waals surface area (Å²) in [6, 6.07) is 7.26. The Hall–Kier alpha value is -2.63. The van der Waals surface area contributed by atoms with E-state index in [-0.39, 0.29) is 36.0 Å². The van der Waals surface area contributed by atoms with Crippen molar-refractivity contribution in [2.75, 3.05) is 5.32 Å². The van der Waals surface area contributed by atoms with Gasteiger partial charge in [-0.3, -0.25) is 4.79 Å². The Morgan fingerprint density at radius 3 is 2.93 bits per heavy atom. The Balaban J connectivity index is 1.27.